The first-order chi connectivity index (χ1) is 14.7. The summed E-state index contributed by atoms with van der Waals surface area (Å²) in [5, 5.41) is 5.91. The van der Waals surface area contributed by atoms with E-state index >= 15 is 0 Å². The van der Waals surface area contributed by atoms with Gasteiger partial charge in [0, 0.05) is 0 Å². The summed E-state index contributed by atoms with van der Waals surface area (Å²) in [7, 11) is -2.47. The van der Waals surface area contributed by atoms with Crippen molar-refractivity contribution in [3.8, 4) is 0 Å². The molecule has 0 unspecified atom stereocenters. The molecule has 0 aromatic heterocycles. The second kappa shape index (κ2) is 13.5. The molecule has 5 heteroatoms. The van der Waals surface area contributed by atoms with E-state index in [0.717, 1.165) is 6.42 Å². The van der Waals surface area contributed by atoms with Crippen molar-refractivity contribution in [2.45, 2.75) is 54.9 Å². The molecular weight excluding hydrogens is 543 g/mol. The SMILES string of the molecule is CC1=CCC([Si](c2cc(C)cc(C)c2)(c2cc(C)cc(C)c2)c2cc(C)cc(C)c2)=[C-]1.[Cl-].[Cl-].[Cl-].[Ti+4]. The van der Waals surface area contributed by atoms with Gasteiger partial charge in [-0.15, -0.1) is 0 Å². The molecule has 0 saturated heterocycles. The van der Waals surface area contributed by atoms with Gasteiger partial charge >= 0.3 is 21.7 Å². The summed E-state index contributed by atoms with van der Waals surface area (Å²) < 4.78 is 0. The second-order valence-corrected chi connectivity index (χ2v) is 13.4. The van der Waals surface area contributed by atoms with E-state index in [1.165, 1.54) is 59.7 Å². The topological polar surface area (TPSA) is 0 Å². The molecular formula is C30H33Cl3SiTi. The summed E-state index contributed by atoms with van der Waals surface area (Å²) >= 11 is 0. The average molecular weight is 576 g/mol. The van der Waals surface area contributed by atoms with Gasteiger partial charge in [0.2, 0.25) is 0 Å². The van der Waals surface area contributed by atoms with Gasteiger partial charge in [0.05, 0.1) is 0 Å². The average Bonchev–Trinajstić information content (AvgIpc) is 3.06. The molecule has 3 aromatic carbocycles. The van der Waals surface area contributed by atoms with Crippen molar-refractivity contribution in [1.29, 1.82) is 0 Å². The van der Waals surface area contributed by atoms with Crippen molar-refractivity contribution in [1.82, 2.24) is 0 Å². The number of hydrogen-bond donors (Lipinski definition) is 0. The number of benzene rings is 3. The van der Waals surface area contributed by atoms with Gasteiger partial charge in [-0.05, 0) is 57.1 Å². The Morgan fingerprint density at radius 2 is 0.800 bits per heavy atom. The van der Waals surface area contributed by atoms with E-state index in [9.17, 15) is 0 Å². The largest absolute Gasteiger partial charge is 4.00 e. The van der Waals surface area contributed by atoms with E-state index in [4.69, 9.17) is 0 Å². The molecule has 0 saturated carbocycles. The first-order valence-corrected chi connectivity index (χ1v) is 13.2. The fourth-order valence-corrected chi connectivity index (χ4v) is 10.9. The zero-order valence-corrected chi connectivity index (χ0v) is 26.4. The monoisotopic (exact) mass is 574 g/mol. The van der Waals surface area contributed by atoms with Gasteiger partial charge in [-0.2, -0.15) is 5.20 Å². The molecule has 0 N–H and O–H groups in total. The van der Waals surface area contributed by atoms with Crippen LogP contribution in [0.1, 0.15) is 46.7 Å². The van der Waals surface area contributed by atoms with Crippen LogP contribution in [0.15, 0.2) is 71.4 Å². The van der Waals surface area contributed by atoms with Crippen LogP contribution in [0.2, 0.25) is 0 Å². The van der Waals surface area contributed by atoms with Crippen LogP contribution in [0.3, 0.4) is 0 Å². The van der Waals surface area contributed by atoms with E-state index in [1.54, 1.807) is 0 Å². The molecule has 1 aliphatic rings. The maximum absolute atomic E-state index is 3.85. The van der Waals surface area contributed by atoms with Crippen molar-refractivity contribution in [3.05, 3.63) is 111 Å². The molecule has 0 aliphatic heterocycles. The minimum Gasteiger partial charge on any atom is -1.00 e. The number of rotatable bonds is 4. The standard InChI is InChI=1S/C30H33Si.3ClH.Ti/c1-20-8-9-27(13-20)31(28-14-21(2)10-22(3)15-28,29-16-23(4)11-24(5)17-29)30-18-25(6)12-26(7)19-30;;;;/h8,10-12,14-19H,9H2,1-7H3;3*1H;/q-1;;;;+4/p-3. The van der Waals surface area contributed by atoms with Crippen LogP contribution in [0.25, 0.3) is 0 Å². The predicted octanol–water partition coefficient (Wildman–Crippen LogP) is -3.36. The number of aryl methyl sites for hydroxylation is 6. The zero-order chi connectivity index (χ0) is 22.3. The summed E-state index contributed by atoms with van der Waals surface area (Å²) in [4.78, 5) is 0. The molecule has 0 atom stereocenters. The van der Waals surface area contributed by atoms with E-state index in [-0.39, 0.29) is 58.9 Å². The molecule has 182 valence electrons. The van der Waals surface area contributed by atoms with Crippen LogP contribution < -0.4 is 52.8 Å². The summed E-state index contributed by atoms with van der Waals surface area (Å²) in [6.45, 7) is 15.6. The van der Waals surface area contributed by atoms with Gasteiger partial charge in [-0.25, -0.2) is 11.6 Å². The van der Waals surface area contributed by atoms with Crippen molar-refractivity contribution in [3.63, 3.8) is 0 Å². The molecule has 0 spiro atoms. The van der Waals surface area contributed by atoms with Gasteiger partial charge in [-0.3, -0.25) is 6.08 Å². The smallest absolute Gasteiger partial charge is 1.00 e. The van der Waals surface area contributed by atoms with E-state index < -0.39 is 8.07 Å². The zero-order valence-electron chi connectivity index (χ0n) is 21.6. The number of halogens is 3. The second-order valence-electron chi connectivity index (χ2n) is 9.57. The van der Waals surface area contributed by atoms with Crippen LogP contribution in [0.4, 0.5) is 0 Å². The molecule has 1 aliphatic carbocycles. The third-order valence-electron chi connectivity index (χ3n) is 6.38. The van der Waals surface area contributed by atoms with Crippen LogP contribution in [0.5, 0.6) is 0 Å². The van der Waals surface area contributed by atoms with E-state index in [0.29, 0.717) is 0 Å². The molecule has 35 heavy (non-hydrogen) atoms. The summed E-state index contributed by atoms with van der Waals surface area (Å²) in [6.07, 6.45) is 7.19. The maximum Gasteiger partial charge on any atom is 4.00 e. The first-order valence-electron chi connectivity index (χ1n) is 11.2. The molecule has 0 heterocycles. The van der Waals surface area contributed by atoms with Crippen molar-refractivity contribution >= 4 is 23.6 Å². The van der Waals surface area contributed by atoms with E-state index in [2.05, 4.69) is 115 Å². The predicted molar refractivity (Wildman–Crippen MR) is 138 cm³/mol. The van der Waals surface area contributed by atoms with Gasteiger partial charge in [0.15, 0.2) is 8.07 Å². The number of hydrogen-bond acceptors (Lipinski definition) is 0. The molecule has 0 radical (unpaired) electrons. The van der Waals surface area contributed by atoms with Gasteiger partial charge in [-0.1, -0.05) is 101 Å². The van der Waals surface area contributed by atoms with Crippen molar-refractivity contribution < 1.29 is 58.9 Å². The summed E-state index contributed by atoms with van der Waals surface area (Å²) in [5.74, 6) is 0. The normalized spacial score (nSPS) is 12.3. The minimum atomic E-state index is -2.47. The first kappa shape index (κ1) is 33.9. The van der Waals surface area contributed by atoms with Gasteiger partial charge in [0.25, 0.3) is 0 Å². The Labute approximate surface area is 246 Å². The van der Waals surface area contributed by atoms with Gasteiger partial charge < -0.3 is 37.2 Å². The Morgan fingerprint density at radius 1 is 0.514 bits per heavy atom. The quantitative estimate of drug-likeness (QED) is 0.173. The van der Waals surface area contributed by atoms with Crippen molar-refractivity contribution in [2.75, 3.05) is 0 Å². The third-order valence-corrected chi connectivity index (χ3v) is 11.1. The molecule has 4 rings (SSSR count). The summed E-state index contributed by atoms with van der Waals surface area (Å²) in [5.41, 5.74) is 9.29. The molecule has 0 bridgehead atoms. The molecule has 0 nitrogen and oxygen atoms in total. The van der Waals surface area contributed by atoms with Crippen LogP contribution in [-0.2, 0) is 21.7 Å². The number of allylic oxidation sites excluding steroid dienone is 4. The summed E-state index contributed by atoms with van der Waals surface area (Å²) in [6, 6.07) is 21.5. The maximum atomic E-state index is 3.85. The van der Waals surface area contributed by atoms with Crippen LogP contribution >= 0.6 is 0 Å². The minimum absolute atomic E-state index is 0. The molecule has 3 aromatic rings. The Kier molecular flexibility index (Phi) is 13.1. The molecule has 0 fully saturated rings. The van der Waals surface area contributed by atoms with E-state index in [1.807, 2.05) is 0 Å². The van der Waals surface area contributed by atoms with Crippen LogP contribution in [-0.4, -0.2) is 8.07 Å². The Hall–Kier alpha value is -1.06. The molecule has 0 amide bonds. The Morgan fingerprint density at radius 3 is 1.03 bits per heavy atom. The third kappa shape index (κ3) is 6.83. The van der Waals surface area contributed by atoms with Crippen molar-refractivity contribution in [2.24, 2.45) is 0 Å². The Bertz CT molecular complexity index is 1060. The fraction of sp³-hybridized carbons (Fsp3) is 0.267. The Balaban J connectivity index is 0.00000289. The van der Waals surface area contributed by atoms with Gasteiger partial charge in [0.1, 0.15) is 0 Å². The fourth-order valence-electron chi connectivity index (χ4n) is 5.44. The van der Waals surface area contributed by atoms with Crippen LogP contribution in [0, 0.1) is 47.6 Å².